The second-order valence-corrected chi connectivity index (χ2v) is 7.48. The van der Waals surface area contributed by atoms with Crippen LogP contribution in [0, 0.1) is 5.82 Å². The van der Waals surface area contributed by atoms with Crippen LogP contribution < -0.4 is 5.43 Å². The molecule has 4 aromatic rings. The fourth-order valence-electron chi connectivity index (χ4n) is 3.16. The molecule has 2 aromatic heterocycles. The van der Waals surface area contributed by atoms with E-state index >= 15 is 0 Å². The molecule has 0 radical (unpaired) electrons. The van der Waals surface area contributed by atoms with E-state index in [1.807, 2.05) is 6.07 Å². The number of esters is 1. The van der Waals surface area contributed by atoms with Crippen LogP contribution in [0.1, 0.15) is 23.0 Å². The molecule has 158 valence electrons. The van der Waals surface area contributed by atoms with Crippen molar-refractivity contribution < 1.29 is 13.9 Å². The van der Waals surface area contributed by atoms with Crippen LogP contribution in [-0.2, 0) is 11.3 Å². The molecule has 7 nitrogen and oxygen atoms in total. The van der Waals surface area contributed by atoms with E-state index in [2.05, 4.69) is 10.3 Å². The highest BCUT2D eigenvalue weighted by atomic mass is 35.5. The SMILES string of the molecule is CCOC(=O)c1cn(Cc2cn(-c3cccc(Cl)c3)nn2)c2cc(Cl)c(F)cc2c1=O. The van der Waals surface area contributed by atoms with Gasteiger partial charge in [0, 0.05) is 16.6 Å². The summed E-state index contributed by atoms with van der Waals surface area (Å²) in [4.78, 5) is 25.1. The van der Waals surface area contributed by atoms with Gasteiger partial charge in [-0.05, 0) is 37.3 Å². The Kier molecular flexibility index (Phi) is 5.75. The molecule has 0 bridgehead atoms. The average molecular weight is 461 g/mol. The first-order chi connectivity index (χ1) is 14.9. The summed E-state index contributed by atoms with van der Waals surface area (Å²) in [5, 5.41) is 8.66. The molecular formula is C21H15Cl2FN4O3. The van der Waals surface area contributed by atoms with E-state index in [4.69, 9.17) is 27.9 Å². The van der Waals surface area contributed by atoms with Gasteiger partial charge < -0.3 is 9.30 Å². The van der Waals surface area contributed by atoms with Crippen LogP contribution >= 0.6 is 23.2 Å². The van der Waals surface area contributed by atoms with Crippen LogP contribution in [0.2, 0.25) is 10.0 Å². The lowest BCUT2D eigenvalue weighted by atomic mass is 10.1. The lowest BCUT2D eigenvalue weighted by Crippen LogP contribution is -2.21. The van der Waals surface area contributed by atoms with Crippen LogP contribution in [0.15, 0.2) is 53.6 Å². The lowest BCUT2D eigenvalue weighted by molar-refractivity contribution is 0.0524. The minimum atomic E-state index is -0.791. The number of pyridine rings is 1. The molecule has 0 amide bonds. The summed E-state index contributed by atoms with van der Waals surface area (Å²) in [5.41, 5.74) is 0.747. The van der Waals surface area contributed by atoms with Crippen molar-refractivity contribution in [3.8, 4) is 5.69 Å². The molecule has 2 heterocycles. The van der Waals surface area contributed by atoms with Crippen molar-refractivity contribution in [2.45, 2.75) is 13.5 Å². The van der Waals surface area contributed by atoms with E-state index in [0.29, 0.717) is 21.9 Å². The minimum Gasteiger partial charge on any atom is -0.462 e. The molecule has 2 aromatic carbocycles. The Balaban J connectivity index is 1.81. The Bertz CT molecular complexity index is 1370. The summed E-state index contributed by atoms with van der Waals surface area (Å²) in [5.74, 6) is -1.55. The standard InChI is InChI=1S/C21H15Cl2FN4O3/c1-2-31-21(30)16-11-27(19-8-17(23)18(24)7-15(19)20(16)29)9-13-10-28(26-25-13)14-5-3-4-12(22)6-14/h3-8,10-11H,2,9H2,1H3. The topological polar surface area (TPSA) is 79.0 Å². The monoisotopic (exact) mass is 460 g/mol. The average Bonchev–Trinajstić information content (AvgIpc) is 3.20. The highest BCUT2D eigenvalue weighted by Gasteiger charge is 2.19. The number of halogens is 3. The first-order valence-electron chi connectivity index (χ1n) is 9.24. The molecule has 0 saturated heterocycles. The van der Waals surface area contributed by atoms with Gasteiger partial charge in [-0.3, -0.25) is 4.79 Å². The van der Waals surface area contributed by atoms with E-state index in [-0.39, 0.29) is 29.1 Å². The van der Waals surface area contributed by atoms with Crippen LogP contribution in [0.5, 0.6) is 0 Å². The third-order valence-corrected chi connectivity index (χ3v) is 5.09. The Labute approximate surface area is 185 Å². The molecule has 0 saturated carbocycles. The molecular weight excluding hydrogens is 446 g/mol. The zero-order valence-corrected chi connectivity index (χ0v) is 17.7. The summed E-state index contributed by atoms with van der Waals surface area (Å²) in [7, 11) is 0. The zero-order valence-electron chi connectivity index (χ0n) is 16.2. The van der Waals surface area contributed by atoms with Crippen molar-refractivity contribution in [1.29, 1.82) is 0 Å². The number of rotatable bonds is 5. The Morgan fingerprint density at radius 2 is 2.00 bits per heavy atom. The number of carbonyl (C=O) groups excluding carboxylic acids is 1. The maximum absolute atomic E-state index is 14.1. The number of hydrogen-bond donors (Lipinski definition) is 0. The number of nitrogens with zero attached hydrogens (tertiary/aromatic N) is 4. The molecule has 0 spiro atoms. The van der Waals surface area contributed by atoms with Gasteiger partial charge in [0.15, 0.2) is 0 Å². The molecule has 0 atom stereocenters. The lowest BCUT2D eigenvalue weighted by Gasteiger charge is -2.12. The van der Waals surface area contributed by atoms with Gasteiger partial charge in [-0.15, -0.1) is 5.10 Å². The third kappa shape index (κ3) is 4.17. The summed E-state index contributed by atoms with van der Waals surface area (Å²) in [6, 6.07) is 9.44. The fourth-order valence-corrected chi connectivity index (χ4v) is 3.50. The number of hydrogen-bond acceptors (Lipinski definition) is 5. The molecule has 10 heteroatoms. The number of carbonyl (C=O) groups is 1. The smallest absolute Gasteiger partial charge is 0.343 e. The van der Waals surface area contributed by atoms with E-state index in [1.54, 1.807) is 40.6 Å². The minimum absolute atomic E-state index is 0.00897. The summed E-state index contributed by atoms with van der Waals surface area (Å²) in [6.07, 6.45) is 3.04. The molecule has 0 aliphatic rings. The van der Waals surface area contributed by atoms with Crippen LogP contribution in [0.3, 0.4) is 0 Å². The van der Waals surface area contributed by atoms with Crippen molar-refractivity contribution >= 4 is 40.1 Å². The van der Waals surface area contributed by atoms with Crippen LogP contribution in [-0.4, -0.2) is 32.1 Å². The molecule has 31 heavy (non-hydrogen) atoms. The van der Waals surface area contributed by atoms with Crippen LogP contribution in [0.4, 0.5) is 4.39 Å². The Morgan fingerprint density at radius 1 is 1.19 bits per heavy atom. The molecule has 0 aliphatic carbocycles. The first kappa shape index (κ1) is 21.0. The normalized spacial score (nSPS) is 11.1. The molecule has 0 unspecified atom stereocenters. The van der Waals surface area contributed by atoms with Gasteiger partial charge in [-0.1, -0.05) is 34.5 Å². The largest absolute Gasteiger partial charge is 0.462 e. The number of fused-ring (bicyclic) bond motifs is 1. The predicted molar refractivity (Wildman–Crippen MR) is 115 cm³/mol. The van der Waals surface area contributed by atoms with Crippen molar-refractivity contribution in [2.75, 3.05) is 6.61 Å². The fraction of sp³-hybridized carbons (Fsp3) is 0.143. The quantitative estimate of drug-likeness (QED) is 0.415. The van der Waals surface area contributed by atoms with E-state index < -0.39 is 17.2 Å². The van der Waals surface area contributed by atoms with Crippen LogP contribution in [0.25, 0.3) is 16.6 Å². The Hall–Kier alpha value is -3.23. The van der Waals surface area contributed by atoms with Gasteiger partial charge in [0.2, 0.25) is 5.43 Å². The van der Waals surface area contributed by atoms with Crippen molar-refractivity contribution in [2.24, 2.45) is 0 Å². The number of aromatic nitrogens is 4. The van der Waals surface area contributed by atoms with Gasteiger partial charge in [0.25, 0.3) is 0 Å². The second kappa shape index (κ2) is 8.49. The molecule has 0 aliphatic heterocycles. The highest BCUT2D eigenvalue weighted by Crippen LogP contribution is 2.23. The van der Waals surface area contributed by atoms with Gasteiger partial charge in [-0.2, -0.15) is 0 Å². The number of benzene rings is 2. The van der Waals surface area contributed by atoms with Gasteiger partial charge in [-0.25, -0.2) is 13.9 Å². The molecule has 0 fully saturated rings. The van der Waals surface area contributed by atoms with E-state index in [0.717, 1.165) is 6.07 Å². The van der Waals surface area contributed by atoms with Crippen molar-refractivity contribution in [3.05, 3.63) is 86.1 Å². The second-order valence-electron chi connectivity index (χ2n) is 6.64. The zero-order chi connectivity index (χ0) is 22.1. The summed E-state index contributed by atoms with van der Waals surface area (Å²) in [6.45, 7) is 1.87. The van der Waals surface area contributed by atoms with Gasteiger partial charge in [0.1, 0.15) is 17.1 Å². The molecule has 4 rings (SSSR count). The number of ether oxygens (including phenoxy) is 1. The van der Waals surface area contributed by atoms with Crippen molar-refractivity contribution in [3.63, 3.8) is 0 Å². The molecule has 0 N–H and O–H groups in total. The maximum Gasteiger partial charge on any atom is 0.343 e. The van der Waals surface area contributed by atoms with Gasteiger partial charge in [0.05, 0.1) is 35.6 Å². The van der Waals surface area contributed by atoms with E-state index in [1.165, 1.54) is 12.3 Å². The highest BCUT2D eigenvalue weighted by molar-refractivity contribution is 6.31. The Morgan fingerprint density at radius 3 is 2.74 bits per heavy atom. The summed E-state index contributed by atoms with van der Waals surface area (Å²) >= 11 is 12.0. The van der Waals surface area contributed by atoms with Crippen molar-refractivity contribution in [1.82, 2.24) is 19.6 Å². The van der Waals surface area contributed by atoms with Gasteiger partial charge >= 0.3 is 5.97 Å². The first-order valence-corrected chi connectivity index (χ1v) is 9.99. The maximum atomic E-state index is 14.1. The summed E-state index contributed by atoms with van der Waals surface area (Å²) < 4.78 is 22.2. The third-order valence-electron chi connectivity index (χ3n) is 4.56. The predicted octanol–water partition coefficient (Wildman–Crippen LogP) is 4.25. The van der Waals surface area contributed by atoms with E-state index in [9.17, 15) is 14.0 Å².